The Balaban J connectivity index is 1.60. The fourth-order valence-electron chi connectivity index (χ4n) is 3.79. The summed E-state index contributed by atoms with van der Waals surface area (Å²) >= 11 is 5.50. The number of β-lactam (4-membered cyclic amide) rings is 1. The van der Waals surface area contributed by atoms with Gasteiger partial charge in [-0.1, -0.05) is 55.1 Å². The van der Waals surface area contributed by atoms with Crippen molar-refractivity contribution < 1.29 is 14.7 Å². The van der Waals surface area contributed by atoms with Crippen LogP contribution in [0.2, 0.25) is 0 Å². The van der Waals surface area contributed by atoms with Crippen molar-refractivity contribution in [3.8, 4) is 0 Å². The molecule has 134 valence electrons. The molecule has 26 heavy (non-hydrogen) atoms. The Labute approximate surface area is 161 Å². The molecule has 2 heterocycles. The molecular weight excluding hydrogens is 366 g/mol. The number of thioether (sulfide) groups is 1. The highest BCUT2D eigenvalue weighted by atomic mass is 32.2. The van der Waals surface area contributed by atoms with Crippen molar-refractivity contribution in [2.45, 2.75) is 31.2 Å². The SMILES string of the molecule is C[C@H](O)[C@@H]1C(=O)N2C(C(=O)S)=C(CCc3cccc4ccccc34)S[C@H]12. The molecular formula is C20H19NO3S2. The number of hydrogen-bond donors (Lipinski definition) is 2. The first-order valence-corrected chi connectivity index (χ1v) is 9.92. The molecule has 2 aromatic rings. The Morgan fingerprint density at radius 1 is 1.23 bits per heavy atom. The molecule has 2 aromatic carbocycles. The molecule has 3 atom stereocenters. The number of amides is 1. The van der Waals surface area contributed by atoms with Gasteiger partial charge in [0, 0.05) is 4.91 Å². The highest BCUT2D eigenvalue weighted by Gasteiger charge is 2.56. The standard InChI is InChI=1S/C20H19NO3S2/c1-11(22)16-18(23)21-17(20(24)25)15(26-19(16)21)10-9-13-7-4-6-12-5-2-3-8-14(12)13/h2-8,11,16,19,22H,9-10H2,1H3,(H,24,25)/t11-,16+,19+/m0/s1. The largest absolute Gasteiger partial charge is 0.392 e. The summed E-state index contributed by atoms with van der Waals surface area (Å²) in [6.07, 6.45) is 0.736. The Hall–Kier alpha value is -1.76. The van der Waals surface area contributed by atoms with Crippen LogP contribution in [0.1, 0.15) is 18.9 Å². The van der Waals surface area contributed by atoms with E-state index >= 15 is 0 Å². The summed E-state index contributed by atoms with van der Waals surface area (Å²) in [6, 6.07) is 14.5. The second kappa shape index (κ2) is 6.76. The highest BCUT2D eigenvalue weighted by Crippen LogP contribution is 2.51. The summed E-state index contributed by atoms with van der Waals surface area (Å²) in [5.41, 5.74) is 1.61. The van der Waals surface area contributed by atoms with E-state index in [1.165, 1.54) is 33.0 Å². The smallest absolute Gasteiger partial charge is 0.236 e. The first-order valence-electron chi connectivity index (χ1n) is 8.60. The van der Waals surface area contributed by atoms with Crippen LogP contribution in [0.5, 0.6) is 0 Å². The van der Waals surface area contributed by atoms with Crippen LogP contribution in [-0.2, 0) is 16.0 Å². The van der Waals surface area contributed by atoms with Gasteiger partial charge < -0.3 is 5.11 Å². The van der Waals surface area contributed by atoms with Crippen molar-refractivity contribution in [2.24, 2.45) is 5.92 Å². The van der Waals surface area contributed by atoms with Crippen molar-refractivity contribution in [3.05, 3.63) is 58.6 Å². The lowest BCUT2D eigenvalue weighted by Gasteiger charge is -2.43. The maximum absolute atomic E-state index is 12.3. The summed E-state index contributed by atoms with van der Waals surface area (Å²) in [4.78, 5) is 26.8. The van der Waals surface area contributed by atoms with Gasteiger partial charge in [-0.15, -0.1) is 11.8 Å². The van der Waals surface area contributed by atoms with E-state index in [2.05, 4.69) is 36.9 Å². The van der Waals surface area contributed by atoms with Crippen LogP contribution in [0.4, 0.5) is 0 Å². The Morgan fingerprint density at radius 3 is 2.69 bits per heavy atom. The number of hydrogen-bond acceptors (Lipinski definition) is 4. The van der Waals surface area contributed by atoms with Crippen molar-refractivity contribution in [3.63, 3.8) is 0 Å². The van der Waals surface area contributed by atoms with E-state index in [-0.39, 0.29) is 16.4 Å². The zero-order valence-corrected chi connectivity index (χ0v) is 16.0. The number of nitrogens with zero attached hydrogens (tertiary/aromatic N) is 1. The van der Waals surface area contributed by atoms with E-state index in [0.717, 1.165) is 11.3 Å². The first-order chi connectivity index (χ1) is 12.5. The molecule has 1 amide bonds. The summed E-state index contributed by atoms with van der Waals surface area (Å²) in [6.45, 7) is 1.62. The fourth-order valence-corrected chi connectivity index (χ4v) is 5.73. The van der Waals surface area contributed by atoms with Gasteiger partial charge >= 0.3 is 0 Å². The molecule has 0 unspecified atom stereocenters. The highest BCUT2D eigenvalue weighted by molar-refractivity contribution is 8.04. The van der Waals surface area contributed by atoms with Gasteiger partial charge in [-0.2, -0.15) is 0 Å². The van der Waals surface area contributed by atoms with Crippen LogP contribution in [0, 0.1) is 5.92 Å². The molecule has 0 aromatic heterocycles. The van der Waals surface area contributed by atoms with E-state index in [1.807, 2.05) is 18.2 Å². The number of rotatable bonds is 5. The quantitative estimate of drug-likeness (QED) is 0.612. The zero-order valence-electron chi connectivity index (χ0n) is 14.3. The van der Waals surface area contributed by atoms with Gasteiger partial charge in [0.15, 0.2) is 0 Å². The molecule has 1 saturated heterocycles. The molecule has 0 aliphatic carbocycles. The summed E-state index contributed by atoms with van der Waals surface area (Å²) in [5.74, 6) is -0.632. The van der Waals surface area contributed by atoms with Gasteiger partial charge in [0.05, 0.1) is 12.0 Å². The minimum Gasteiger partial charge on any atom is -0.392 e. The lowest BCUT2D eigenvalue weighted by Crippen LogP contribution is -2.60. The molecule has 0 spiro atoms. The van der Waals surface area contributed by atoms with Crippen LogP contribution in [0.25, 0.3) is 10.8 Å². The molecule has 1 N–H and O–H groups in total. The predicted molar refractivity (Wildman–Crippen MR) is 107 cm³/mol. The normalized spacial score (nSPS) is 23.2. The first kappa shape index (κ1) is 17.6. The Bertz CT molecular complexity index is 932. The molecule has 1 fully saturated rings. The van der Waals surface area contributed by atoms with Gasteiger partial charge in [0.2, 0.25) is 11.0 Å². The molecule has 0 radical (unpaired) electrons. The number of benzene rings is 2. The number of carbonyl (C=O) groups is 2. The van der Waals surface area contributed by atoms with Gasteiger partial charge in [-0.25, -0.2) is 0 Å². The number of aryl methyl sites for hydroxylation is 1. The van der Waals surface area contributed by atoms with Crippen molar-refractivity contribution in [1.29, 1.82) is 0 Å². The Kier molecular flexibility index (Phi) is 4.59. The van der Waals surface area contributed by atoms with Gasteiger partial charge in [-0.05, 0) is 36.1 Å². The molecule has 2 aliphatic rings. The lowest BCUT2D eigenvalue weighted by molar-refractivity contribution is -0.153. The second-order valence-electron chi connectivity index (χ2n) is 6.70. The zero-order chi connectivity index (χ0) is 18.4. The number of aliphatic hydroxyl groups excluding tert-OH is 1. The number of carbonyl (C=O) groups excluding carboxylic acids is 2. The number of thiol groups is 1. The monoisotopic (exact) mass is 385 g/mol. The predicted octanol–water partition coefficient (Wildman–Crippen LogP) is 3.35. The second-order valence-corrected chi connectivity index (χ2v) is 8.32. The third-order valence-corrected chi connectivity index (χ3v) is 6.72. The third kappa shape index (κ3) is 2.76. The van der Waals surface area contributed by atoms with Gasteiger partial charge in [-0.3, -0.25) is 14.5 Å². The molecule has 4 rings (SSSR count). The van der Waals surface area contributed by atoms with Crippen molar-refractivity contribution >= 4 is 46.2 Å². The summed E-state index contributed by atoms with van der Waals surface area (Å²) < 4.78 is 0. The van der Waals surface area contributed by atoms with Gasteiger partial charge in [0.1, 0.15) is 11.1 Å². The summed E-state index contributed by atoms with van der Waals surface area (Å²) in [7, 11) is 0. The Morgan fingerprint density at radius 2 is 1.96 bits per heavy atom. The van der Waals surface area contributed by atoms with Crippen LogP contribution in [0.3, 0.4) is 0 Å². The van der Waals surface area contributed by atoms with E-state index in [0.29, 0.717) is 12.1 Å². The molecule has 0 saturated carbocycles. The molecule has 0 bridgehead atoms. The van der Waals surface area contributed by atoms with E-state index in [1.54, 1.807) is 6.92 Å². The molecule has 6 heteroatoms. The van der Waals surface area contributed by atoms with Crippen molar-refractivity contribution in [1.82, 2.24) is 4.90 Å². The number of fused-ring (bicyclic) bond motifs is 2. The maximum atomic E-state index is 12.3. The van der Waals surface area contributed by atoms with E-state index in [4.69, 9.17) is 0 Å². The van der Waals surface area contributed by atoms with E-state index < -0.39 is 12.0 Å². The van der Waals surface area contributed by atoms with Crippen molar-refractivity contribution in [2.75, 3.05) is 0 Å². The minimum atomic E-state index is -0.718. The van der Waals surface area contributed by atoms with Crippen LogP contribution < -0.4 is 0 Å². The average Bonchev–Trinajstić information content (AvgIpc) is 2.94. The number of allylic oxidation sites excluding steroid dienone is 1. The summed E-state index contributed by atoms with van der Waals surface area (Å²) in [5, 5.41) is 11.7. The topological polar surface area (TPSA) is 57.6 Å². The lowest BCUT2D eigenvalue weighted by atomic mass is 9.92. The molecule has 2 aliphatic heterocycles. The van der Waals surface area contributed by atoms with Crippen LogP contribution in [0.15, 0.2) is 53.1 Å². The average molecular weight is 386 g/mol. The third-order valence-electron chi connectivity index (χ3n) is 5.08. The molecule has 4 nitrogen and oxygen atoms in total. The number of aliphatic hydroxyl groups is 1. The van der Waals surface area contributed by atoms with E-state index in [9.17, 15) is 14.7 Å². The fraction of sp³-hybridized carbons (Fsp3) is 0.300. The van der Waals surface area contributed by atoms with Crippen LogP contribution >= 0.6 is 24.4 Å². The maximum Gasteiger partial charge on any atom is 0.236 e. The van der Waals surface area contributed by atoms with Crippen LogP contribution in [-0.4, -0.2) is 32.5 Å². The minimum absolute atomic E-state index is 0.184. The van der Waals surface area contributed by atoms with Gasteiger partial charge in [0.25, 0.3) is 0 Å².